The molecule has 0 amide bonds. The van der Waals surface area contributed by atoms with Gasteiger partial charge in [0.15, 0.2) is 6.29 Å². The van der Waals surface area contributed by atoms with Crippen molar-refractivity contribution in [1.82, 2.24) is 0 Å². The summed E-state index contributed by atoms with van der Waals surface area (Å²) in [6.45, 7) is 0. The SMILES string of the molecule is OC1[C@H](O)CC([C@H]2O[C@@H]3C[C@@H](O)C[C@H](O)[C@H]3CC2O[C@H](O)C2C[C@H](O)C(O)[C@@H](O)C2)C[C@@H]1O. The van der Waals surface area contributed by atoms with Crippen LogP contribution in [0, 0.1) is 17.8 Å². The van der Waals surface area contributed by atoms with Gasteiger partial charge in [0, 0.05) is 11.8 Å². The molecule has 1 heterocycles. The van der Waals surface area contributed by atoms with Crippen LogP contribution in [0.1, 0.15) is 44.9 Å². The van der Waals surface area contributed by atoms with E-state index in [2.05, 4.69) is 0 Å². The highest BCUT2D eigenvalue weighted by atomic mass is 16.6. The Kier molecular flexibility index (Phi) is 7.99. The van der Waals surface area contributed by atoms with E-state index in [1.54, 1.807) is 0 Å². The van der Waals surface area contributed by atoms with Gasteiger partial charge in [-0.3, -0.25) is 0 Å². The lowest BCUT2D eigenvalue weighted by molar-refractivity contribution is -0.273. The Hall–Kier alpha value is -0.440. The fourth-order valence-electron chi connectivity index (χ4n) is 6.24. The Morgan fingerprint density at radius 2 is 1.18 bits per heavy atom. The quantitative estimate of drug-likeness (QED) is 0.186. The average Bonchev–Trinajstić information content (AvgIpc) is 2.75. The third kappa shape index (κ3) is 5.39. The summed E-state index contributed by atoms with van der Waals surface area (Å²) in [4.78, 5) is 0. The number of hydrogen-bond acceptors (Lipinski definition) is 11. The molecule has 13 atom stereocenters. The average molecular weight is 479 g/mol. The second-order valence-electron chi connectivity index (χ2n) is 10.5. The first-order chi connectivity index (χ1) is 15.5. The highest BCUT2D eigenvalue weighted by Crippen LogP contribution is 2.43. The number of fused-ring (bicyclic) bond motifs is 1. The first-order valence-corrected chi connectivity index (χ1v) is 12.0. The summed E-state index contributed by atoms with van der Waals surface area (Å²) in [5.41, 5.74) is 0. The van der Waals surface area contributed by atoms with Crippen LogP contribution < -0.4 is 0 Å². The van der Waals surface area contributed by atoms with E-state index in [0.29, 0.717) is 12.8 Å². The van der Waals surface area contributed by atoms with Gasteiger partial charge in [-0.2, -0.15) is 0 Å². The topological polar surface area (TPSA) is 201 Å². The highest BCUT2D eigenvalue weighted by Gasteiger charge is 2.51. The summed E-state index contributed by atoms with van der Waals surface area (Å²) < 4.78 is 12.2. The van der Waals surface area contributed by atoms with Crippen LogP contribution in [0.15, 0.2) is 0 Å². The zero-order chi connectivity index (χ0) is 24.0. The molecule has 33 heavy (non-hydrogen) atoms. The molecule has 0 spiro atoms. The zero-order valence-corrected chi connectivity index (χ0v) is 18.5. The van der Waals surface area contributed by atoms with Crippen molar-refractivity contribution in [2.45, 2.75) is 118 Å². The van der Waals surface area contributed by atoms with E-state index in [4.69, 9.17) is 9.47 Å². The first-order valence-electron chi connectivity index (χ1n) is 12.0. The monoisotopic (exact) mass is 478 g/mol. The molecule has 4 aliphatic rings. The van der Waals surface area contributed by atoms with E-state index in [-0.39, 0.29) is 38.0 Å². The van der Waals surface area contributed by atoms with E-state index in [0.717, 1.165) is 0 Å². The Balaban J connectivity index is 1.51. The predicted octanol–water partition coefficient (Wildman–Crippen LogP) is -3.04. The molecule has 3 unspecified atom stereocenters. The summed E-state index contributed by atoms with van der Waals surface area (Å²) in [6.07, 6.45) is -10.9. The molecule has 3 saturated carbocycles. The van der Waals surface area contributed by atoms with Gasteiger partial charge in [-0.1, -0.05) is 0 Å². The normalized spacial score (nSPS) is 54.5. The van der Waals surface area contributed by atoms with Crippen molar-refractivity contribution in [3.8, 4) is 0 Å². The smallest absolute Gasteiger partial charge is 0.158 e. The molecule has 0 aromatic rings. The molecule has 4 fully saturated rings. The van der Waals surface area contributed by atoms with Crippen molar-refractivity contribution in [2.24, 2.45) is 17.8 Å². The minimum atomic E-state index is -1.38. The lowest BCUT2D eigenvalue weighted by atomic mass is 9.72. The molecule has 11 heteroatoms. The molecule has 11 nitrogen and oxygen atoms in total. The third-order valence-corrected chi connectivity index (χ3v) is 8.13. The summed E-state index contributed by atoms with van der Waals surface area (Å²) in [5.74, 6) is -1.38. The van der Waals surface area contributed by atoms with Gasteiger partial charge >= 0.3 is 0 Å². The largest absolute Gasteiger partial charge is 0.393 e. The van der Waals surface area contributed by atoms with Crippen LogP contribution in [0.2, 0.25) is 0 Å². The Bertz CT molecular complexity index is 628. The van der Waals surface area contributed by atoms with Gasteiger partial charge in [0.25, 0.3) is 0 Å². The van der Waals surface area contributed by atoms with Crippen LogP contribution in [0.5, 0.6) is 0 Å². The van der Waals surface area contributed by atoms with Crippen molar-refractivity contribution in [3.05, 3.63) is 0 Å². The molecular weight excluding hydrogens is 440 g/mol. The van der Waals surface area contributed by atoms with Crippen molar-refractivity contribution in [1.29, 1.82) is 0 Å². The third-order valence-electron chi connectivity index (χ3n) is 8.13. The molecular formula is C22H38O11. The Morgan fingerprint density at radius 3 is 1.76 bits per heavy atom. The van der Waals surface area contributed by atoms with E-state index < -0.39 is 85.3 Å². The fraction of sp³-hybridized carbons (Fsp3) is 1.00. The number of rotatable bonds is 4. The summed E-state index contributed by atoms with van der Waals surface area (Å²) in [5, 5.41) is 91.5. The number of aliphatic hydroxyl groups excluding tert-OH is 9. The zero-order valence-electron chi connectivity index (χ0n) is 18.5. The molecule has 1 saturated heterocycles. The molecule has 4 rings (SSSR count). The molecule has 0 radical (unpaired) electrons. The second-order valence-corrected chi connectivity index (χ2v) is 10.5. The minimum absolute atomic E-state index is 0.0333. The lowest BCUT2D eigenvalue weighted by Gasteiger charge is -2.51. The van der Waals surface area contributed by atoms with Gasteiger partial charge < -0.3 is 55.4 Å². The van der Waals surface area contributed by atoms with Crippen LogP contribution in [0.3, 0.4) is 0 Å². The molecule has 1 aliphatic heterocycles. The fourth-order valence-corrected chi connectivity index (χ4v) is 6.24. The second kappa shape index (κ2) is 10.3. The lowest BCUT2D eigenvalue weighted by Crippen LogP contribution is -2.58. The Labute approximate surface area is 192 Å². The standard InChI is InChI=1S/C22H38O11/c23-10-5-12(24)11-7-18(33-22(31)9-3-15(27)20(30)16(28)4-9)21(32-17(11)6-10)8-1-13(25)19(29)14(26)2-8/h8-31H,1-7H2/t8?,9?,10-,11+,12-,13-,14+,15-,16-,17+,18?,19?,20?,21+,22-/m0/s1. The highest BCUT2D eigenvalue weighted by molar-refractivity contribution is 4.99. The van der Waals surface area contributed by atoms with Gasteiger partial charge in [-0.25, -0.2) is 0 Å². The van der Waals surface area contributed by atoms with Gasteiger partial charge in [-0.15, -0.1) is 0 Å². The van der Waals surface area contributed by atoms with Gasteiger partial charge in [0.05, 0.1) is 54.9 Å². The van der Waals surface area contributed by atoms with E-state index in [1.165, 1.54) is 0 Å². The van der Waals surface area contributed by atoms with E-state index in [1.807, 2.05) is 0 Å². The number of ether oxygens (including phenoxy) is 2. The maximum Gasteiger partial charge on any atom is 0.158 e. The van der Waals surface area contributed by atoms with Crippen LogP contribution in [0.4, 0.5) is 0 Å². The maximum absolute atomic E-state index is 10.8. The van der Waals surface area contributed by atoms with Crippen LogP contribution in [-0.2, 0) is 9.47 Å². The summed E-state index contributed by atoms with van der Waals surface area (Å²) in [7, 11) is 0. The van der Waals surface area contributed by atoms with Crippen LogP contribution in [-0.4, -0.2) is 119 Å². The van der Waals surface area contributed by atoms with E-state index >= 15 is 0 Å². The molecule has 192 valence electrons. The molecule has 0 aromatic carbocycles. The molecule has 9 N–H and O–H groups in total. The molecule has 0 bridgehead atoms. The molecule has 3 aliphatic carbocycles. The van der Waals surface area contributed by atoms with Gasteiger partial charge in [-0.05, 0) is 50.9 Å². The minimum Gasteiger partial charge on any atom is -0.393 e. The van der Waals surface area contributed by atoms with Crippen molar-refractivity contribution in [3.63, 3.8) is 0 Å². The first kappa shape index (κ1) is 25.6. The van der Waals surface area contributed by atoms with Crippen LogP contribution >= 0.6 is 0 Å². The number of hydrogen-bond donors (Lipinski definition) is 9. The summed E-state index contributed by atoms with van der Waals surface area (Å²) in [6, 6.07) is 0. The predicted molar refractivity (Wildman–Crippen MR) is 110 cm³/mol. The Morgan fingerprint density at radius 1 is 0.636 bits per heavy atom. The molecule has 0 aromatic heterocycles. The van der Waals surface area contributed by atoms with Gasteiger partial charge in [0.1, 0.15) is 12.2 Å². The van der Waals surface area contributed by atoms with E-state index in [9.17, 15) is 46.0 Å². The maximum atomic E-state index is 10.8. The number of aliphatic hydroxyl groups is 9. The van der Waals surface area contributed by atoms with Crippen molar-refractivity contribution in [2.75, 3.05) is 0 Å². The van der Waals surface area contributed by atoms with Crippen LogP contribution in [0.25, 0.3) is 0 Å². The van der Waals surface area contributed by atoms with Crippen molar-refractivity contribution < 1.29 is 55.4 Å². The van der Waals surface area contributed by atoms with Crippen molar-refractivity contribution >= 4 is 0 Å². The summed E-state index contributed by atoms with van der Waals surface area (Å²) >= 11 is 0. The van der Waals surface area contributed by atoms with Gasteiger partial charge in [0.2, 0.25) is 0 Å².